The Hall–Kier alpha value is -0.300. The fourth-order valence-electron chi connectivity index (χ4n) is 1.15. The normalized spacial score (nSPS) is 18.1. The van der Waals surface area contributed by atoms with E-state index in [9.17, 15) is 5.11 Å². The summed E-state index contributed by atoms with van der Waals surface area (Å²) in [4.78, 5) is 0. The first-order valence-corrected chi connectivity index (χ1v) is 3.63. The lowest BCUT2D eigenvalue weighted by Gasteiger charge is -2.28. The van der Waals surface area contributed by atoms with Crippen LogP contribution in [0.15, 0.2) is 12.7 Å². The maximum atomic E-state index is 9.54. The summed E-state index contributed by atoms with van der Waals surface area (Å²) >= 11 is 0. The van der Waals surface area contributed by atoms with Crippen LogP contribution >= 0.6 is 0 Å². The van der Waals surface area contributed by atoms with E-state index >= 15 is 0 Å². The van der Waals surface area contributed by atoms with Crippen LogP contribution in [0.2, 0.25) is 0 Å². The Morgan fingerprint density at radius 2 is 1.70 bits per heavy atom. The average molecular weight is 142 g/mol. The molecule has 1 heteroatoms. The van der Waals surface area contributed by atoms with Crippen LogP contribution in [0.4, 0.5) is 0 Å². The molecule has 0 aliphatic rings. The van der Waals surface area contributed by atoms with E-state index in [0.29, 0.717) is 0 Å². The molecule has 1 unspecified atom stereocenters. The summed E-state index contributed by atoms with van der Waals surface area (Å²) < 4.78 is 0. The van der Waals surface area contributed by atoms with Crippen molar-refractivity contribution in [3.63, 3.8) is 0 Å². The van der Waals surface area contributed by atoms with E-state index in [1.807, 2.05) is 0 Å². The zero-order valence-corrected chi connectivity index (χ0v) is 7.44. The van der Waals surface area contributed by atoms with Gasteiger partial charge in [0.1, 0.15) is 0 Å². The van der Waals surface area contributed by atoms with Gasteiger partial charge >= 0.3 is 0 Å². The van der Waals surface area contributed by atoms with Crippen molar-refractivity contribution < 1.29 is 5.11 Å². The van der Waals surface area contributed by atoms with Crippen LogP contribution in [0, 0.1) is 5.41 Å². The van der Waals surface area contributed by atoms with Crippen molar-refractivity contribution >= 4 is 0 Å². The largest absolute Gasteiger partial charge is 0.386 e. The van der Waals surface area contributed by atoms with E-state index in [0.717, 1.165) is 6.42 Å². The third-order valence-electron chi connectivity index (χ3n) is 1.33. The minimum absolute atomic E-state index is 0.164. The van der Waals surface area contributed by atoms with Crippen molar-refractivity contribution in [1.82, 2.24) is 0 Å². The van der Waals surface area contributed by atoms with Crippen LogP contribution in [-0.4, -0.2) is 10.7 Å². The lowest BCUT2D eigenvalue weighted by atomic mass is 9.83. The van der Waals surface area contributed by atoms with Crippen molar-refractivity contribution in [2.24, 2.45) is 5.41 Å². The predicted molar refractivity (Wildman–Crippen MR) is 44.9 cm³/mol. The Labute approximate surface area is 63.8 Å². The molecule has 0 saturated heterocycles. The fourth-order valence-corrected chi connectivity index (χ4v) is 1.15. The molecule has 60 valence electrons. The van der Waals surface area contributed by atoms with E-state index in [-0.39, 0.29) is 5.41 Å². The Kier molecular flexibility index (Phi) is 2.67. The summed E-state index contributed by atoms with van der Waals surface area (Å²) in [6.45, 7) is 11.7. The van der Waals surface area contributed by atoms with Crippen molar-refractivity contribution in [3.8, 4) is 0 Å². The molecule has 0 amide bonds. The highest BCUT2D eigenvalue weighted by Gasteiger charge is 2.23. The molecule has 0 spiro atoms. The van der Waals surface area contributed by atoms with Gasteiger partial charge in [-0.05, 0) is 18.8 Å². The average Bonchev–Trinajstić information content (AvgIpc) is 1.60. The molecular formula is C9H18O. The van der Waals surface area contributed by atoms with Crippen molar-refractivity contribution in [3.05, 3.63) is 12.7 Å². The molecular weight excluding hydrogens is 124 g/mol. The summed E-state index contributed by atoms with van der Waals surface area (Å²) in [6.07, 6.45) is 2.35. The van der Waals surface area contributed by atoms with Crippen LogP contribution in [0.25, 0.3) is 0 Å². The Morgan fingerprint density at radius 3 is 1.80 bits per heavy atom. The Balaban J connectivity index is 4.01. The Morgan fingerprint density at radius 1 is 1.30 bits per heavy atom. The summed E-state index contributed by atoms with van der Waals surface area (Å²) in [5, 5.41) is 9.54. The number of aliphatic hydroxyl groups is 1. The van der Waals surface area contributed by atoms with Crippen LogP contribution in [0.5, 0.6) is 0 Å². The van der Waals surface area contributed by atoms with Crippen molar-refractivity contribution in [2.45, 2.75) is 39.7 Å². The maximum Gasteiger partial charge on any atom is 0.0802 e. The van der Waals surface area contributed by atoms with Gasteiger partial charge in [0.15, 0.2) is 0 Å². The lowest BCUT2D eigenvalue weighted by Crippen LogP contribution is -2.27. The van der Waals surface area contributed by atoms with Gasteiger partial charge in [-0.1, -0.05) is 26.8 Å². The third kappa shape index (κ3) is 4.57. The molecule has 0 radical (unpaired) electrons. The molecule has 0 aliphatic carbocycles. The lowest BCUT2D eigenvalue weighted by molar-refractivity contribution is 0.0649. The van der Waals surface area contributed by atoms with E-state index in [2.05, 4.69) is 27.4 Å². The summed E-state index contributed by atoms with van der Waals surface area (Å²) in [7, 11) is 0. The summed E-state index contributed by atoms with van der Waals surface area (Å²) in [6, 6.07) is 0. The third-order valence-corrected chi connectivity index (χ3v) is 1.33. The van der Waals surface area contributed by atoms with Gasteiger partial charge in [0.05, 0.1) is 5.60 Å². The molecule has 0 rings (SSSR count). The molecule has 0 bridgehead atoms. The number of hydrogen-bond donors (Lipinski definition) is 1. The SMILES string of the molecule is C=CC(C)(O)CC(C)(C)C. The molecule has 1 N–H and O–H groups in total. The van der Waals surface area contributed by atoms with Gasteiger partial charge in [0, 0.05) is 0 Å². The van der Waals surface area contributed by atoms with Crippen molar-refractivity contribution in [2.75, 3.05) is 0 Å². The van der Waals surface area contributed by atoms with E-state index in [4.69, 9.17) is 0 Å². The first-order chi connectivity index (χ1) is 4.27. The molecule has 0 fully saturated rings. The number of rotatable bonds is 2. The van der Waals surface area contributed by atoms with E-state index < -0.39 is 5.60 Å². The monoisotopic (exact) mass is 142 g/mol. The molecule has 1 nitrogen and oxygen atoms in total. The van der Waals surface area contributed by atoms with Gasteiger partial charge in [-0.3, -0.25) is 0 Å². The van der Waals surface area contributed by atoms with E-state index in [1.165, 1.54) is 0 Å². The second kappa shape index (κ2) is 2.75. The second-order valence-corrected chi connectivity index (χ2v) is 4.30. The highest BCUT2D eigenvalue weighted by molar-refractivity contribution is 4.94. The first-order valence-electron chi connectivity index (χ1n) is 3.63. The topological polar surface area (TPSA) is 20.2 Å². The molecule has 0 aliphatic heterocycles. The molecule has 1 atom stereocenters. The van der Waals surface area contributed by atoms with Crippen LogP contribution in [0.3, 0.4) is 0 Å². The predicted octanol–water partition coefficient (Wildman–Crippen LogP) is 2.36. The Bertz CT molecular complexity index is 117. The van der Waals surface area contributed by atoms with Crippen LogP contribution in [0.1, 0.15) is 34.1 Å². The van der Waals surface area contributed by atoms with Gasteiger partial charge < -0.3 is 5.11 Å². The molecule has 0 aromatic rings. The first kappa shape index (κ1) is 9.70. The summed E-state index contributed by atoms with van der Waals surface area (Å²) in [5.41, 5.74) is -0.546. The minimum Gasteiger partial charge on any atom is -0.386 e. The van der Waals surface area contributed by atoms with Crippen molar-refractivity contribution in [1.29, 1.82) is 0 Å². The quantitative estimate of drug-likeness (QED) is 0.587. The number of hydrogen-bond acceptors (Lipinski definition) is 1. The molecule has 10 heavy (non-hydrogen) atoms. The zero-order chi connectivity index (χ0) is 8.41. The van der Waals surface area contributed by atoms with Crippen LogP contribution < -0.4 is 0 Å². The molecule has 0 aromatic carbocycles. The smallest absolute Gasteiger partial charge is 0.0802 e. The zero-order valence-electron chi connectivity index (χ0n) is 7.44. The van der Waals surface area contributed by atoms with E-state index in [1.54, 1.807) is 13.0 Å². The molecule has 0 heterocycles. The summed E-state index contributed by atoms with van der Waals surface area (Å²) in [5.74, 6) is 0. The van der Waals surface area contributed by atoms with Gasteiger partial charge in [0.25, 0.3) is 0 Å². The van der Waals surface area contributed by atoms with Crippen LogP contribution in [-0.2, 0) is 0 Å². The van der Waals surface area contributed by atoms with Gasteiger partial charge in [0.2, 0.25) is 0 Å². The highest BCUT2D eigenvalue weighted by Crippen LogP contribution is 2.27. The van der Waals surface area contributed by atoms with Gasteiger partial charge in [-0.2, -0.15) is 0 Å². The highest BCUT2D eigenvalue weighted by atomic mass is 16.3. The molecule has 0 aromatic heterocycles. The maximum absolute atomic E-state index is 9.54. The van der Waals surface area contributed by atoms with Gasteiger partial charge in [-0.25, -0.2) is 0 Å². The standard InChI is InChI=1S/C9H18O/c1-6-9(5,10)7-8(2,3)4/h6,10H,1,7H2,2-5H3. The van der Waals surface area contributed by atoms with Gasteiger partial charge in [-0.15, -0.1) is 6.58 Å². The second-order valence-electron chi connectivity index (χ2n) is 4.30. The minimum atomic E-state index is -0.710. The molecule has 0 saturated carbocycles. The fraction of sp³-hybridized carbons (Fsp3) is 0.778.